The van der Waals surface area contributed by atoms with Crippen LogP contribution in [0, 0.1) is 0 Å². The lowest BCUT2D eigenvalue weighted by Crippen LogP contribution is -2.30. The van der Waals surface area contributed by atoms with E-state index in [9.17, 15) is 4.79 Å². The standard InChI is InChI=1S/C18H21N5OS/c1-3-19-17(24)11(2)25-18-22-21-16(23(18)12-8-9-12)14-10-20-15-7-5-4-6-13(14)15/h4-7,10-12,20H,3,8-9H2,1-2H3,(H,19,24)/t11-/m1/s1. The van der Waals surface area contributed by atoms with Gasteiger partial charge < -0.3 is 10.3 Å². The Morgan fingerprint density at radius 3 is 2.96 bits per heavy atom. The van der Waals surface area contributed by atoms with Crippen LogP contribution in [0.3, 0.4) is 0 Å². The van der Waals surface area contributed by atoms with Crippen molar-refractivity contribution in [2.75, 3.05) is 6.54 Å². The van der Waals surface area contributed by atoms with Gasteiger partial charge in [-0.1, -0.05) is 30.0 Å². The summed E-state index contributed by atoms with van der Waals surface area (Å²) >= 11 is 1.48. The van der Waals surface area contributed by atoms with E-state index < -0.39 is 0 Å². The van der Waals surface area contributed by atoms with E-state index in [1.54, 1.807) is 0 Å². The van der Waals surface area contributed by atoms with Crippen molar-refractivity contribution >= 4 is 28.6 Å². The Labute approximate surface area is 150 Å². The quantitative estimate of drug-likeness (QED) is 0.665. The monoisotopic (exact) mass is 355 g/mol. The number of aromatic nitrogens is 4. The predicted octanol–water partition coefficient (Wildman–Crippen LogP) is 3.38. The van der Waals surface area contributed by atoms with Gasteiger partial charge in [-0.25, -0.2) is 0 Å². The van der Waals surface area contributed by atoms with Gasteiger partial charge in [-0.3, -0.25) is 9.36 Å². The first kappa shape index (κ1) is 16.2. The van der Waals surface area contributed by atoms with Gasteiger partial charge in [0, 0.05) is 35.2 Å². The number of benzene rings is 1. The maximum atomic E-state index is 12.1. The molecule has 2 aromatic heterocycles. The predicted molar refractivity (Wildman–Crippen MR) is 99.6 cm³/mol. The zero-order valence-electron chi connectivity index (χ0n) is 14.3. The highest BCUT2D eigenvalue weighted by Gasteiger charge is 2.32. The average Bonchev–Trinajstić information content (AvgIpc) is 3.23. The van der Waals surface area contributed by atoms with E-state index in [1.165, 1.54) is 11.8 Å². The first-order valence-electron chi connectivity index (χ1n) is 8.64. The van der Waals surface area contributed by atoms with Gasteiger partial charge in [0.15, 0.2) is 11.0 Å². The summed E-state index contributed by atoms with van der Waals surface area (Å²) in [6.07, 6.45) is 4.27. The maximum Gasteiger partial charge on any atom is 0.233 e. The molecule has 3 aromatic rings. The van der Waals surface area contributed by atoms with E-state index in [0.717, 1.165) is 40.3 Å². The van der Waals surface area contributed by atoms with Gasteiger partial charge in [-0.05, 0) is 32.8 Å². The molecular weight excluding hydrogens is 334 g/mol. The molecule has 25 heavy (non-hydrogen) atoms. The van der Waals surface area contributed by atoms with E-state index >= 15 is 0 Å². The van der Waals surface area contributed by atoms with Crippen LogP contribution in [-0.4, -0.2) is 37.5 Å². The molecule has 1 aromatic carbocycles. The Hall–Kier alpha value is -2.28. The number of aromatic amines is 1. The molecule has 130 valence electrons. The molecule has 1 aliphatic carbocycles. The minimum absolute atomic E-state index is 0.0338. The SMILES string of the molecule is CCNC(=O)[C@@H](C)Sc1nnc(-c2c[nH]c3ccccc23)n1C1CC1. The van der Waals surface area contributed by atoms with Gasteiger partial charge in [0.2, 0.25) is 5.91 Å². The molecule has 0 radical (unpaired) electrons. The minimum atomic E-state index is -0.197. The van der Waals surface area contributed by atoms with Gasteiger partial charge in [0.1, 0.15) is 0 Å². The number of carbonyl (C=O) groups excluding carboxylic acids is 1. The number of carbonyl (C=O) groups is 1. The Morgan fingerprint density at radius 2 is 2.20 bits per heavy atom. The van der Waals surface area contributed by atoms with Crippen LogP contribution in [0.2, 0.25) is 0 Å². The van der Waals surface area contributed by atoms with Crippen molar-refractivity contribution in [3.05, 3.63) is 30.5 Å². The van der Waals surface area contributed by atoms with Gasteiger partial charge in [0.05, 0.1) is 5.25 Å². The summed E-state index contributed by atoms with van der Waals surface area (Å²) in [4.78, 5) is 15.4. The molecule has 1 saturated carbocycles. The average molecular weight is 355 g/mol. The summed E-state index contributed by atoms with van der Waals surface area (Å²) < 4.78 is 2.20. The third-order valence-corrected chi connectivity index (χ3v) is 5.47. The number of thioether (sulfide) groups is 1. The van der Waals surface area contributed by atoms with Crippen molar-refractivity contribution in [2.45, 2.75) is 43.1 Å². The van der Waals surface area contributed by atoms with Crippen molar-refractivity contribution in [1.29, 1.82) is 0 Å². The Morgan fingerprint density at radius 1 is 1.40 bits per heavy atom. The highest BCUT2D eigenvalue weighted by Crippen LogP contribution is 2.42. The lowest BCUT2D eigenvalue weighted by molar-refractivity contribution is -0.120. The summed E-state index contributed by atoms with van der Waals surface area (Å²) in [5.74, 6) is 0.914. The minimum Gasteiger partial charge on any atom is -0.360 e. The summed E-state index contributed by atoms with van der Waals surface area (Å²) in [7, 11) is 0. The van der Waals surface area contributed by atoms with E-state index in [-0.39, 0.29) is 11.2 Å². The second-order valence-corrected chi connectivity index (χ2v) is 7.62. The van der Waals surface area contributed by atoms with Crippen LogP contribution in [0.25, 0.3) is 22.3 Å². The second-order valence-electron chi connectivity index (χ2n) is 6.31. The van der Waals surface area contributed by atoms with E-state index in [2.05, 4.69) is 37.2 Å². The first-order valence-corrected chi connectivity index (χ1v) is 9.52. The number of nitrogens with zero attached hydrogens (tertiary/aromatic N) is 3. The summed E-state index contributed by atoms with van der Waals surface area (Å²) in [6.45, 7) is 4.48. The smallest absolute Gasteiger partial charge is 0.233 e. The molecule has 2 heterocycles. The van der Waals surface area contributed by atoms with Crippen LogP contribution < -0.4 is 5.32 Å². The van der Waals surface area contributed by atoms with Gasteiger partial charge in [-0.15, -0.1) is 10.2 Å². The Bertz CT molecular complexity index is 911. The van der Waals surface area contributed by atoms with Crippen LogP contribution in [0.15, 0.2) is 35.6 Å². The van der Waals surface area contributed by atoms with E-state index in [4.69, 9.17) is 0 Å². The molecule has 1 amide bonds. The molecule has 1 fully saturated rings. The van der Waals surface area contributed by atoms with Gasteiger partial charge in [0.25, 0.3) is 0 Å². The fraction of sp³-hybridized carbons (Fsp3) is 0.389. The third kappa shape index (κ3) is 3.04. The number of hydrogen-bond donors (Lipinski definition) is 2. The van der Waals surface area contributed by atoms with Crippen LogP contribution in [0.5, 0.6) is 0 Å². The molecule has 0 unspecified atom stereocenters. The number of fused-ring (bicyclic) bond motifs is 1. The van der Waals surface area contributed by atoms with E-state index in [1.807, 2.05) is 32.2 Å². The molecule has 4 rings (SSSR count). The van der Waals surface area contributed by atoms with Crippen molar-refractivity contribution in [2.24, 2.45) is 0 Å². The number of hydrogen-bond acceptors (Lipinski definition) is 4. The van der Waals surface area contributed by atoms with Crippen molar-refractivity contribution in [3.63, 3.8) is 0 Å². The zero-order chi connectivity index (χ0) is 17.4. The number of rotatable bonds is 6. The largest absolute Gasteiger partial charge is 0.360 e. The molecule has 2 N–H and O–H groups in total. The topological polar surface area (TPSA) is 75.6 Å². The van der Waals surface area contributed by atoms with Crippen LogP contribution >= 0.6 is 11.8 Å². The highest BCUT2D eigenvalue weighted by atomic mass is 32.2. The molecule has 0 aliphatic heterocycles. The maximum absolute atomic E-state index is 12.1. The lowest BCUT2D eigenvalue weighted by Gasteiger charge is -2.12. The molecule has 6 nitrogen and oxygen atoms in total. The fourth-order valence-electron chi connectivity index (χ4n) is 2.99. The lowest BCUT2D eigenvalue weighted by atomic mass is 10.1. The van der Waals surface area contributed by atoms with Crippen LogP contribution in [0.1, 0.15) is 32.7 Å². The molecule has 0 bridgehead atoms. The molecule has 7 heteroatoms. The second kappa shape index (κ2) is 6.55. The van der Waals surface area contributed by atoms with Crippen molar-refractivity contribution < 1.29 is 4.79 Å². The van der Waals surface area contributed by atoms with E-state index in [0.29, 0.717) is 12.6 Å². The molecule has 1 aliphatic rings. The zero-order valence-corrected chi connectivity index (χ0v) is 15.1. The number of amides is 1. The molecule has 1 atom stereocenters. The number of para-hydroxylation sites is 1. The summed E-state index contributed by atoms with van der Waals surface area (Å²) in [6, 6.07) is 8.64. The first-order chi connectivity index (χ1) is 12.2. The summed E-state index contributed by atoms with van der Waals surface area (Å²) in [5.41, 5.74) is 2.15. The molecule has 0 spiro atoms. The number of nitrogens with one attached hydrogen (secondary N) is 2. The Balaban J connectivity index is 1.70. The van der Waals surface area contributed by atoms with Gasteiger partial charge in [-0.2, -0.15) is 0 Å². The summed E-state index contributed by atoms with van der Waals surface area (Å²) in [5, 5.41) is 13.5. The Kier molecular flexibility index (Phi) is 4.25. The fourth-order valence-corrected chi connectivity index (χ4v) is 3.93. The molecular formula is C18H21N5OS. The van der Waals surface area contributed by atoms with Crippen LogP contribution in [-0.2, 0) is 4.79 Å². The van der Waals surface area contributed by atoms with Crippen molar-refractivity contribution in [1.82, 2.24) is 25.1 Å². The van der Waals surface area contributed by atoms with Gasteiger partial charge >= 0.3 is 0 Å². The highest BCUT2D eigenvalue weighted by molar-refractivity contribution is 8.00. The third-order valence-electron chi connectivity index (χ3n) is 4.41. The van der Waals surface area contributed by atoms with Crippen molar-refractivity contribution in [3.8, 4) is 11.4 Å². The normalized spacial score (nSPS) is 15.4. The van der Waals surface area contributed by atoms with Crippen LogP contribution in [0.4, 0.5) is 0 Å². The molecule has 0 saturated heterocycles. The number of H-pyrrole nitrogens is 1.